The molecule has 0 unspecified atom stereocenters. The summed E-state index contributed by atoms with van der Waals surface area (Å²) in [6.07, 6.45) is 5.78. The summed E-state index contributed by atoms with van der Waals surface area (Å²) in [7, 11) is 0. The monoisotopic (exact) mass is 281 g/mol. The first-order valence-electron chi connectivity index (χ1n) is 6.81. The normalized spacial score (nSPS) is 22.2. The van der Waals surface area contributed by atoms with E-state index in [-0.39, 0.29) is 25.1 Å². The largest absolute Gasteiger partial charge is 0.454 e. The Kier molecular flexibility index (Phi) is 5.03. The fourth-order valence-corrected chi connectivity index (χ4v) is 2.36. The maximum atomic E-state index is 11.7. The summed E-state index contributed by atoms with van der Waals surface area (Å²) in [6.45, 7) is 1.78. The number of amides is 1. The summed E-state index contributed by atoms with van der Waals surface area (Å²) in [4.78, 5) is 23.2. The van der Waals surface area contributed by atoms with E-state index in [2.05, 4.69) is 27.8 Å². The predicted molar refractivity (Wildman–Crippen MR) is 68.3 cm³/mol. The lowest BCUT2D eigenvalue weighted by atomic mass is 9.86. The zero-order valence-electron chi connectivity index (χ0n) is 11.5. The lowest BCUT2D eigenvalue weighted by Crippen LogP contribution is -2.43. The Labute approximate surface area is 116 Å². The van der Waals surface area contributed by atoms with Gasteiger partial charge in [-0.15, -0.1) is 5.10 Å². The molecule has 2 rings (SSSR count). The van der Waals surface area contributed by atoms with Crippen molar-refractivity contribution in [2.45, 2.75) is 45.2 Å². The fourth-order valence-electron chi connectivity index (χ4n) is 2.36. The zero-order valence-corrected chi connectivity index (χ0v) is 11.5. The highest BCUT2D eigenvalue weighted by atomic mass is 16.5. The molecule has 110 valence electrons. The Balaban J connectivity index is 1.68. The van der Waals surface area contributed by atoms with Crippen LogP contribution in [-0.2, 0) is 20.9 Å². The van der Waals surface area contributed by atoms with Crippen LogP contribution in [0.4, 0.5) is 0 Å². The Morgan fingerprint density at radius 1 is 1.40 bits per heavy atom. The van der Waals surface area contributed by atoms with Crippen LogP contribution in [0.5, 0.6) is 0 Å². The van der Waals surface area contributed by atoms with Crippen molar-refractivity contribution in [2.75, 3.05) is 6.61 Å². The molecule has 1 aliphatic rings. The van der Waals surface area contributed by atoms with Crippen LogP contribution < -0.4 is 5.32 Å². The Bertz CT molecular complexity index is 448. The highest BCUT2D eigenvalue weighted by molar-refractivity contribution is 5.80. The average Bonchev–Trinajstić information content (AvgIpc) is 2.92. The van der Waals surface area contributed by atoms with Crippen molar-refractivity contribution >= 4 is 11.9 Å². The summed E-state index contributed by atoms with van der Waals surface area (Å²) >= 11 is 0. The van der Waals surface area contributed by atoms with Gasteiger partial charge in [0, 0.05) is 6.04 Å². The molecule has 0 aromatic carbocycles. The highest BCUT2D eigenvalue weighted by Crippen LogP contribution is 2.23. The molecule has 1 heterocycles. The number of rotatable bonds is 5. The average molecular weight is 281 g/mol. The summed E-state index contributed by atoms with van der Waals surface area (Å²) < 4.78 is 6.13. The minimum atomic E-state index is -0.538. The van der Waals surface area contributed by atoms with Gasteiger partial charge in [0.15, 0.2) is 6.61 Å². The van der Waals surface area contributed by atoms with Crippen LogP contribution in [-0.4, -0.2) is 44.7 Å². The number of nitrogens with zero attached hydrogens (tertiary/aromatic N) is 4. The molecule has 2 atom stereocenters. The van der Waals surface area contributed by atoms with Crippen molar-refractivity contribution in [1.29, 1.82) is 0 Å². The maximum Gasteiger partial charge on any atom is 0.328 e. The molecule has 1 amide bonds. The molecule has 0 aliphatic heterocycles. The van der Waals surface area contributed by atoms with Crippen molar-refractivity contribution in [3.8, 4) is 0 Å². The van der Waals surface area contributed by atoms with Crippen molar-refractivity contribution in [3.63, 3.8) is 0 Å². The Morgan fingerprint density at radius 3 is 2.90 bits per heavy atom. The molecular formula is C12H19N5O3. The van der Waals surface area contributed by atoms with E-state index >= 15 is 0 Å². The van der Waals surface area contributed by atoms with E-state index in [9.17, 15) is 9.59 Å². The van der Waals surface area contributed by atoms with Crippen LogP contribution in [0.1, 0.15) is 32.6 Å². The molecule has 0 bridgehead atoms. The van der Waals surface area contributed by atoms with Crippen molar-refractivity contribution in [2.24, 2.45) is 5.92 Å². The van der Waals surface area contributed by atoms with Gasteiger partial charge in [0.25, 0.3) is 5.91 Å². The number of tetrazole rings is 1. The van der Waals surface area contributed by atoms with E-state index in [0.717, 1.165) is 19.3 Å². The zero-order chi connectivity index (χ0) is 14.4. The van der Waals surface area contributed by atoms with E-state index in [1.54, 1.807) is 0 Å². The molecule has 8 heteroatoms. The molecule has 8 nitrogen and oxygen atoms in total. The number of carbonyl (C=O) groups excluding carboxylic acids is 2. The summed E-state index contributed by atoms with van der Waals surface area (Å²) in [5.74, 6) is -0.317. The van der Waals surface area contributed by atoms with Gasteiger partial charge in [0.1, 0.15) is 12.9 Å². The van der Waals surface area contributed by atoms with Crippen LogP contribution in [0.25, 0.3) is 0 Å². The molecule has 1 aliphatic carbocycles. The standard InChI is InChI=1S/C12H19N5O3/c1-9-4-2-3-5-10(9)14-11(18)7-20-12(19)6-17-8-13-15-16-17/h8-10H,2-7H2,1H3,(H,14,18)/t9-,10-/m0/s1. The predicted octanol–water partition coefficient (Wildman–Crippen LogP) is -0.0888. The van der Waals surface area contributed by atoms with E-state index in [0.29, 0.717) is 5.92 Å². The third kappa shape index (κ3) is 4.29. The Morgan fingerprint density at radius 2 is 2.20 bits per heavy atom. The molecule has 20 heavy (non-hydrogen) atoms. The summed E-state index contributed by atoms with van der Waals surface area (Å²) in [6, 6.07) is 0.189. The molecule has 0 spiro atoms. The lowest BCUT2D eigenvalue weighted by Gasteiger charge is -2.29. The molecule has 1 N–H and O–H groups in total. The molecule has 1 aromatic rings. The van der Waals surface area contributed by atoms with Gasteiger partial charge in [0.05, 0.1) is 0 Å². The van der Waals surface area contributed by atoms with Gasteiger partial charge in [-0.2, -0.15) is 0 Å². The first kappa shape index (κ1) is 14.4. The SMILES string of the molecule is C[C@H]1CCCC[C@@H]1NC(=O)COC(=O)Cn1cnnn1. The Hall–Kier alpha value is -1.99. The first-order valence-corrected chi connectivity index (χ1v) is 6.81. The van der Waals surface area contributed by atoms with Crippen LogP contribution in [0.15, 0.2) is 6.33 Å². The van der Waals surface area contributed by atoms with Crippen molar-refractivity contribution < 1.29 is 14.3 Å². The van der Waals surface area contributed by atoms with Crippen LogP contribution in [0, 0.1) is 5.92 Å². The molecule has 0 saturated heterocycles. The van der Waals surface area contributed by atoms with E-state index in [1.165, 1.54) is 17.4 Å². The van der Waals surface area contributed by atoms with Crippen molar-refractivity contribution in [1.82, 2.24) is 25.5 Å². The molecule has 1 aromatic heterocycles. The van der Waals surface area contributed by atoms with E-state index in [1.807, 2.05) is 0 Å². The number of hydrogen-bond acceptors (Lipinski definition) is 6. The van der Waals surface area contributed by atoms with Gasteiger partial charge < -0.3 is 10.1 Å². The molecule has 1 fully saturated rings. The van der Waals surface area contributed by atoms with Gasteiger partial charge in [-0.3, -0.25) is 9.59 Å². The van der Waals surface area contributed by atoms with Gasteiger partial charge in [-0.25, -0.2) is 4.68 Å². The van der Waals surface area contributed by atoms with Gasteiger partial charge in [-0.1, -0.05) is 19.8 Å². The van der Waals surface area contributed by atoms with Crippen LogP contribution in [0.3, 0.4) is 0 Å². The van der Waals surface area contributed by atoms with Gasteiger partial charge in [-0.05, 0) is 29.2 Å². The lowest BCUT2D eigenvalue weighted by molar-refractivity contribution is -0.149. The summed E-state index contributed by atoms with van der Waals surface area (Å²) in [5.41, 5.74) is 0. The second-order valence-corrected chi connectivity index (χ2v) is 5.10. The molecule has 1 saturated carbocycles. The van der Waals surface area contributed by atoms with E-state index < -0.39 is 5.97 Å². The molecular weight excluding hydrogens is 262 g/mol. The quantitative estimate of drug-likeness (QED) is 0.757. The number of aromatic nitrogens is 4. The minimum absolute atomic E-state index is 0.0971. The third-order valence-electron chi connectivity index (χ3n) is 3.50. The number of hydrogen-bond donors (Lipinski definition) is 1. The number of nitrogens with one attached hydrogen (secondary N) is 1. The second-order valence-electron chi connectivity index (χ2n) is 5.10. The smallest absolute Gasteiger partial charge is 0.328 e. The fraction of sp³-hybridized carbons (Fsp3) is 0.750. The minimum Gasteiger partial charge on any atom is -0.454 e. The maximum absolute atomic E-state index is 11.7. The number of ether oxygens (including phenoxy) is 1. The van der Waals surface area contributed by atoms with E-state index in [4.69, 9.17) is 4.74 Å². The summed E-state index contributed by atoms with van der Waals surface area (Å²) in [5, 5.41) is 13.3. The van der Waals surface area contributed by atoms with Crippen LogP contribution >= 0.6 is 0 Å². The number of carbonyl (C=O) groups is 2. The number of esters is 1. The highest BCUT2D eigenvalue weighted by Gasteiger charge is 2.23. The van der Waals surface area contributed by atoms with Gasteiger partial charge >= 0.3 is 5.97 Å². The van der Waals surface area contributed by atoms with Crippen LogP contribution in [0.2, 0.25) is 0 Å². The first-order chi connectivity index (χ1) is 9.65. The topological polar surface area (TPSA) is 99.0 Å². The van der Waals surface area contributed by atoms with Crippen molar-refractivity contribution in [3.05, 3.63) is 6.33 Å². The third-order valence-corrected chi connectivity index (χ3v) is 3.50. The second kappa shape index (κ2) is 6.97. The molecule has 0 radical (unpaired) electrons. The van der Waals surface area contributed by atoms with Gasteiger partial charge in [0.2, 0.25) is 0 Å².